The SMILES string of the molecule is CCCNC(CN1CCS(=O)(=O)CC1)(C(=O)O)C1CC1. The van der Waals surface area contributed by atoms with Crippen molar-refractivity contribution in [2.24, 2.45) is 5.92 Å². The van der Waals surface area contributed by atoms with Crippen LogP contribution < -0.4 is 5.32 Å². The van der Waals surface area contributed by atoms with E-state index in [0.717, 1.165) is 19.3 Å². The summed E-state index contributed by atoms with van der Waals surface area (Å²) in [5, 5.41) is 12.9. The number of nitrogens with zero attached hydrogens (tertiary/aromatic N) is 1. The fraction of sp³-hybridized carbons (Fsp3) is 0.923. The molecule has 1 heterocycles. The molecular weight excluding hydrogens is 280 g/mol. The minimum absolute atomic E-state index is 0.140. The zero-order valence-electron chi connectivity index (χ0n) is 12.0. The van der Waals surface area contributed by atoms with Gasteiger partial charge in [-0.05, 0) is 31.7 Å². The summed E-state index contributed by atoms with van der Waals surface area (Å²) >= 11 is 0. The number of nitrogens with one attached hydrogen (secondary N) is 1. The molecule has 1 atom stereocenters. The van der Waals surface area contributed by atoms with E-state index in [1.807, 2.05) is 11.8 Å². The van der Waals surface area contributed by atoms with Gasteiger partial charge in [-0.25, -0.2) is 8.42 Å². The molecule has 0 spiro atoms. The first kappa shape index (κ1) is 15.7. The lowest BCUT2D eigenvalue weighted by Crippen LogP contribution is -2.62. The minimum Gasteiger partial charge on any atom is -0.480 e. The summed E-state index contributed by atoms with van der Waals surface area (Å²) in [6.07, 6.45) is 2.76. The van der Waals surface area contributed by atoms with Gasteiger partial charge < -0.3 is 10.4 Å². The molecule has 0 bridgehead atoms. The van der Waals surface area contributed by atoms with E-state index < -0.39 is 21.3 Å². The van der Waals surface area contributed by atoms with Gasteiger partial charge in [0.1, 0.15) is 5.54 Å². The number of rotatable bonds is 7. The molecule has 0 aromatic rings. The summed E-state index contributed by atoms with van der Waals surface area (Å²) < 4.78 is 22.9. The molecule has 20 heavy (non-hydrogen) atoms. The summed E-state index contributed by atoms with van der Waals surface area (Å²) in [4.78, 5) is 13.8. The highest BCUT2D eigenvalue weighted by Gasteiger charge is 2.51. The van der Waals surface area contributed by atoms with Crippen LogP contribution in [0.15, 0.2) is 0 Å². The number of carboxylic acids is 1. The first-order valence-electron chi connectivity index (χ1n) is 7.31. The molecule has 7 heteroatoms. The van der Waals surface area contributed by atoms with E-state index in [9.17, 15) is 18.3 Å². The van der Waals surface area contributed by atoms with Crippen molar-refractivity contribution in [2.75, 3.05) is 37.7 Å². The molecule has 2 aliphatic rings. The Morgan fingerprint density at radius 3 is 2.40 bits per heavy atom. The third kappa shape index (κ3) is 3.51. The van der Waals surface area contributed by atoms with Crippen LogP contribution in [0.25, 0.3) is 0 Å². The molecule has 1 unspecified atom stereocenters. The van der Waals surface area contributed by atoms with Crippen LogP contribution in [0.2, 0.25) is 0 Å². The Kier molecular flexibility index (Phi) is 4.71. The highest BCUT2D eigenvalue weighted by Crippen LogP contribution is 2.40. The maximum atomic E-state index is 11.8. The average molecular weight is 304 g/mol. The van der Waals surface area contributed by atoms with Gasteiger partial charge in [0, 0.05) is 19.6 Å². The van der Waals surface area contributed by atoms with Crippen LogP contribution in [0.4, 0.5) is 0 Å². The van der Waals surface area contributed by atoms with Crippen LogP contribution >= 0.6 is 0 Å². The van der Waals surface area contributed by atoms with Crippen molar-refractivity contribution in [3.05, 3.63) is 0 Å². The number of hydrogen-bond donors (Lipinski definition) is 2. The molecule has 0 radical (unpaired) electrons. The minimum atomic E-state index is -2.92. The average Bonchev–Trinajstić information content (AvgIpc) is 3.21. The molecule has 1 saturated heterocycles. The van der Waals surface area contributed by atoms with Gasteiger partial charge in [0.05, 0.1) is 11.5 Å². The highest BCUT2D eigenvalue weighted by molar-refractivity contribution is 7.91. The number of hydrogen-bond acceptors (Lipinski definition) is 5. The number of carbonyl (C=O) groups is 1. The lowest BCUT2D eigenvalue weighted by molar-refractivity contribution is -0.147. The zero-order chi connectivity index (χ0) is 14.8. The van der Waals surface area contributed by atoms with Crippen LogP contribution in [0.5, 0.6) is 0 Å². The molecule has 6 nitrogen and oxygen atoms in total. The van der Waals surface area contributed by atoms with Crippen LogP contribution in [0, 0.1) is 5.92 Å². The summed E-state index contributed by atoms with van der Waals surface area (Å²) in [6.45, 7) is 3.98. The van der Waals surface area contributed by atoms with Gasteiger partial charge in [0.15, 0.2) is 9.84 Å². The Labute approximate surface area is 120 Å². The molecule has 0 aromatic carbocycles. The molecule has 1 saturated carbocycles. The Morgan fingerprint density at radius 1 is 1.35 bits per heavy atom. The van der Waals surface area contributed by atoms with Crippen molar-refractivity contribution in [1.29, 1.82) is 0 Å². The van der Waals surface area contributed by atoms with Gasteiger partial charge >= 0.3 is 5.97 Å². The summed E-state index contributed by atoms with van der Waals surface area (Å²) in [5.41, 5.74) is -0.906. The van der Waals surface area contributed by atoms with E-state index in [4.69, 9.17) is 0 Å². The molecule has 1 aliphatic carbocycles. The first-order chi connectivity index (χ1) is 9.39. The van der Waals surface area contributed by atoms with Crippen LogP contribution in [0.3, 0.4) is 0 Å². The Hall–Kier alpha value is -0.660. The quantitative estimate of drug-likeness (QED) is 0.686. The normalized spacial score (nSPS) is 26.1. The number of aliphatic carboxylic acids is 1. The van der Waals surface area contributed by atoms with Gasteiger partial charge in [-0.2, -0.15) is 0 Å². The monoisotopic (exact) mass is 304 g/mol. The largest absolute Gasteiger partial charge is 0.480 e. The smallest absolute Gasteiger partial charge is 0.325 e. The first-order valence-corrected chi connectivity index (χ1v) is 9.13. The standard InChI is InChI=1S/C13H24N2O4S/c1-2-5-14-13(12(16)17,11-3-4-11)10-15-6-8-20(18,19)9-7-15/h11,14H,2-10H2,1H3,(H,16,17). The maximum absolute atomic E-state index is 11.8. The highest BCUT2D eigenvalue weighted by atomic mass is 32.2. The molecule has 0 aromatic heterocycles. The summed E-state index contributed by atoms with van der Waals surface area (Å²) in [6, 6.07) is 0. The molecular formula is C13H24N2O4S. The van der Waals surface area contributed by atoms with Gasteiger partial charge in [-0.1, -0.05) is 6.92 Å². The predicted molar refractivity (Wildman–Crippen MR) is 76.5 cm³/mol. The second-order valence-corrected chi connectivity index (χ2v) is 8.21. The van der Waals surface area contributed by atoms with Gasteiger partial charge in [-0.3, -0.25) is 9.69 Å². The lowest BCUT2D eigenvalue weighted by Gasteiger charge is -2.37. The topological polar surface area (TPSA) is 86.7 Å². The fourth-order valence-electron chi connectivity index (χ4n) is 2.83. The van der Waals surface area contributed by atoms with Crippen molar-refractivity contribution in [3.63, 3.8) is 0 Å². The second kappa shape index (κ2) is 5.99. The third-order valence-corrected chi connectivity index (χ3v) is 5.87. The predicted octanol–water partition coefficient (Wildman–Crippen LogP) is -0.0502. The second-order valence-electron chi connectivity index (χ2n) is 5.91. The van der Waals surface area contributed by atoms with Crippen molar-refractivity contribution < 1.29 is 18.3 Å². The van der Waals surface area contributed by atoms with E-state index in [1.54, 1.807) is 0 Å². The van der Waals surface area contributed by atoms with E-state index in [2.05, 4.69) is 5.32 Å². The van der Waals surface area contributed by atoms with E-state index in [0.29, 0.717) is 26.2 Å². The number of carboxylic acid groups (broad SMARTS) is 1. The van der Waals surface area contributed by atoms with Gasteiger partial charge in [0.25, 0.3) is 0 Å². The molecule has 0 amide bonds. The molecule has 116 valence electrons. The van der Waals surface area contributed by atoms with Crippen molar-refractivity contribution >= 4 is 15.8 Å². The molecule has 1 aliphatic heterocycles. The Bertz CT molecular complexity index is 447. The van der Waals surface area contributed by atoms with Crippen molar-refractivity contribution in [2.45, 2.75) is 31.7 Å². The number of sulfone groups is 1. The van der Waals surface area contributed by atoms with Gasteiger partial charge in [0.2, 0.25) is 0 Å². The summed E-state index contributed by atoms with van der Waals surface area (Å²) in [7, 11) is -2.92. The molecule has 2 N–H and O–H groups in total. The van der Waals surface area contributed by atoms with E-state index in [-0.39, 0.29) is 17.4 Å². The van der Waals surface area contributed by atoms with Crippen molar-refractivity contribution in [1.82, 2.24) is 10.2 Å². The lowest BCUT2D eigenvalue weighted by atomic mass is 9.92. The molecule has 2 rings (SSSR count). The van der Waals surface area contributed by atoms with Crippen LogP contribution in [-0.2, 0) is 14.6 Å². The molecule has 2 fully saturated rings. The Balaban J connectivity index is 2.05. The maximum Gasteiger partial charge on any atom is 0.325 e. The van der Waals surface area contributed by atoms with Gasteiger partial charge in [-0.15, -0.1) is 0 Å². The van der Waals surface area contributed by atoms with Crippen LogP contribution in [0.1, 0.15) is 26.2 Å². The van der Waals surface area contributed by atoms with Crippen molar-refractivity contribution in [3.8, 4) is 0 Å². The fourth-order valence-corrected chi connectivity index (χ4v) is 4.11. The third-order valence-electron chi connectivity index (χ3n) is 4.26. The van der Waals surface area contributed by atoms with Crippen LogP contribution in [-0.4, -0.2) is 67.6 Å². The van der Waals surface area contributed by atoms with E-state index >= 15 is 0 Å². The summed E-state index contributed by atoms with van der Waals surface area (Å²) in [5.74, 6) is -0.352. The Morgan fingerprint density at radius 2 is 1.95 bits per heavy atom. The zero-order valence-corrected chi connectivity index (χ0v) is 12.8. The van der Waals surface area contributed by atoms with E-state index in [1.165, 1.54) is 0 Å².